The number of benzene rings is 1. The Morgan fingerprint density at radius 3 is 2.78 bits per heavy atom. The lowest BCUT2D eigenvalue weighted by atomic mass is 10.1. The summed E-state index contributed by atoms with van der Waals surface area (Å²) in [5.74, 6) is -3.15. The highest BCUT2D eigenvalue weighted by Crippen LogP contribution is 2.24. The van der Waals surface area contributed by atoms with Crippen molar-refractivity contribution in [3.8, 4) is 5.69 Å². The second-order valence-corrected chi connectivity index (χ2v) is 5.65. The van der Waals surface area contributed by atoms with Crippen molar-refractivity contribution in [2.75, 3.05) is 13.1 Å². The predicted molar refractivity (Wildman–Crippen MR) is 81.6 cm³/mol. The van der Waals surface area contributed by atoms with Gasteiger partial charge in [0.15, 0.2) is 0 Å². The van der Waals surface area contributed by atoms with Crippen LogP contribution in [0.3, 0.4) is 0 Å². The van der Waals surface area contributed by atoms with Gasteiger partial charge < -0.3 is 5.32 Å². The summed E-state index contributed by atoms with van der Waals surface area (Å²) in [5.41, 5.74) is 2.02. The minimum absolute atomic E-state index is 0.365. The zero-order chi connectivity index (χ0) is 16.3. The summed E-state index contributed by atoms with van der Waals surface area (Å²) in [6, 6.07) is 8.87. The molecule has 1 aliphatic heterocycles. The summed E-state index contributed by atoms with van der Waals surface area (Å²) < 4.78 is 27.9. The molecule has 0 radical (unpaired) electrons. The summed E-state index contributed by atoms with van der Waals surface area (Å²) in [6.07, 6.45) is 3.79. The standard InChI is InChI=1S/C16H18F2N4O/c17-16(18)10-14(20-11-16)15(23)19-8-6-12-2-4-13(5-3-12)22-9-1-7-21-22/h1-5,7,9,14,20H,6,8,10-11H2,(H,19,23). The predicted octanol–water partition coefficient (Wildman–Crippen LogP) is 1.53. The number of nitrogens with one attached hydrogen (secondary N) is 2. The molecule has 1 aromatic heterocycles. The third-order valence-corrected chi connectivity index (χ3v) is 3.84. The van der Waals surface area contributed by atoms with Crippen molar-refractivity contribution in [2.24, 2.45) is 0 Å². The highest BCUT2D eigenvalue weighted by Gasteiger charge is 2.42. The normalized spacial score (nSPS) is 19.7. The number of alkyl halides is 2. The van der Waals surface area contributed by atoms with E-state index >= 15 is 0 Å². The average Bonchev–Trinajstić information content (AvgIpc) is 3.17. The fourth-order valence-electron chi connectivity index (χ4n) is 2.59. The van der Waals surface area contributed by atoms with Crippen LogP contribution in [0.2, 0.25) is 0 Å². The molecule has 2 N–H and O–H groups in total. The molecule has 1 saturated heterocycles. The first kappa shape index (κ1) is 15.6. The van der Waals surface area contributed by atoms with Gasteiger partial charge in [-0.3, -0.25) is 10.1 Å². The number of nitrogens with zero attached hydrogens (tertiary/aromatic N) is 2. The van der Waals surface area contributed by atoms with Gasteiger partial charge in [0.2, 0.25) is 5.91 Å². The Balaban J connectivity index is 1.46. The third kappa shape index (κ3) is 3.92. The second-order valence-electron chi connectivity index (χ2n) is 5.65. The Hall–Kier alpha value is -2.28. The van der Waals surface area contributed by atoms with Crippen LogP contribution >= 0.6 is 0 Å². The van der Waals surface area contributed by atoms with Crippen molar-refractivity contribution in [3.63, 3.8) is 0 Å². The highest BCUT2D eigenvalue weighted by molar-refractivity contribution is 5.82. The number of carbonyl (C=O) groups is 1. The van der Waals surface area contributed by atoms with Crippen molar-refractivity contribution in [2.45, 2.75) is 24.8 Å². The van der Waals surface area contributed by atoms with E-state index in [2.05, 4.69) is 15.7 Å². The van der Waals surface area contributed by atoms with E-state index in [9.17, 15) is 13.6 Å². The van der Waals surface area contributed by atoms with E-state index in [4.69, 9.17) is 0 Å². The van der Waals surface area contributed by atoms with Crippen molar-refractivity contribution in [1.29, 1.82) is 0 Å². The lowest BCUT2D eigenvalue weighted by molar-refractivity contribution is -0.123. The first-order valence-corrected chi connectivity index (χ1v) is 7.51. The molecule has 0 aliphatic carbocycles. The van der Waals surface area contributed by atoms with Crippen LogP contribution in [0.15, 0.2) is 42.7 Å². The molecule has 1 unspecified atom stereocenters. The molecule has 0 saturated carbocycles. The first-order chi connectivity index (χ1) is 11.0. The SMILES string of the molecule is O=C(NCCc1ccc(-n2cccn2)cc1)C1CC(F)(F)CN1. The van der Waals surface area contributed by atoms with E-state index in [0.29, 0.717) is 13.0 Å². The molecule has 23 heavy (non-hydrogen) atoms. The fraction of sp³-hybridized carbons (Fsp3) is 0.375. The van der Waals surface area contributed by atoms with Crippen molar-refractivity contribution >= 4 is 5.91 Å². The molecule has 7 heteroatoms. The van der Waals surface area contributed by atoms with Gasteiger partial charge in [0, 0.05) is 25.4 Å². The topological polar surface area (TPSA) is 59.0 Å². The van der Waals surface area contributed by atoms with Gasteiger partial charge in [0.25, 0.3) is 5.92 Å². The molecule has 1 atom stereocenters. The smallest absolute Gasteiger partial charge is 0.262 e. The zero-order valence-electron chi connectivity index (χ0n) is 12.5. The molecule has 2 heterocycles. The Morgan fingerprint density at radius 1 is 1.39 bits per heavy atom. The number of amides is 1. The Morgan fingerprint density at radius 2 is 2.17 bits per heavy atom. The summed E-state index contributed by atoms with van der Waals surface area (Å²) in [7, 11) is 0. The highest BCUT2D eigenvalue weighted by atomic mass is 19.3. The van der Waals surface area contributed by atoms with E-state index in [1.807, 2.05) is 36.5 Å². The van der Waals surface area contributed by atoms with Gasteiger partial charge >= 0.3 is 0 Å². The van der Waals surface area contributed by atoms with E-state index < -0.39 is 24.9 Å². The van der Waals surface area contributed by atoms with Crippen LogP contribution in [0.5, 0.6) is 0 Å². The maximum Gasteiger partial charge on any atom is 0.262 e. The third-order valence-electron chi connectivity index (χ3n) is 3.84. The molecule has 1 fully saturated rings. The van der Waals surface area contributed by atoms with E-state index in [-0.39, 0.29) is 5.91 Å². The molecule has 3 rings (SSSR count). The van der Waals surface area contributed by atoms with Crippen LogP contribution < -0.4 is 10.6 Å². The van der Waals surface area contributed by atoms with Gasteiger partial charge in [-0.2, -0.15) is 5.10 Å². The van der Waals surface area contributed by atoms with Crippen molar-refractivity contribution in [3.05, 3.63) is 48.3 Å². The molecular weight excluding hydrogens is 302 g/mol. The molecule has 1 aliphatic rings. The Bertz CT molecular complexity index is 655. The average molecular weight is 320 g/mol. The number of carbonyl (C=O) groups excluding carboxylic acids is 1. The molecule has 122 valence electrons. The monoisotopic (exact) mass is 320 g/mol. The number of aromatic nitrogens is 2. The van der Waals surface area contributed by atoms with Crippen LogP contribution in [0.4, 0.5) is 8.78 Å². The lowest BCUT2D eigenvalue weighted by Gasteiger charge is -2.11. The quantitative estimate of drug-likeness (QED) is 0.878. The van der Waals surface area contributed by atoms with Gasteiger partial charge in [-0.1, -0.05) is 12.1 Å². The van der Waals surface area contributed by atoms with Gasteiger partial charge in [0.05, 0.1) is 18.3 Å². The van der Waals surface area contributed by atoms with E-state index in [0.717, 1.165) is 11.3 Å². The number of hydrogen-bond acceptors (Lipinski definition) is 3. The molecule has 1 amide bonds. The van der Waals surface area contributed by atoms with Crippen LogP contribution in [0.1, 0.15) is 12.0 Å². The minimum atomic E-state index is -2.79. The van der Waals surface area contributed by atoms with Gasteiger partial charge in [0.1, 0.15) is 0 Å². The second kappa shape index (κ2) is 6.45. The summed E-state index contributed by atoms with van der Waals surface area (Å²) >= 11 is 0. The number of rotatable bonds is 5. The lowest BCUT2D eigenvalue weighted by Crippen LogP contribution is -2.41. The zero-order valence-corrected chi connectivity index (χ0v) is 12.5. The maximum atomic E-state index is 13.0. The maximum absolute atomic E-state index is 13.0. The van der Waals surface area contributed by atoms with E-state index in [1.54, 1.807) is 10.9 Å². The largest absolute Gasteiger partial charge is 0.354 e. The van der Waals surface area contributed by atoms with Crippen molar-refractivity contribution in [1.82, 2.24) is 20.4 Å². The van der Waals surface area contributed by atoms with E-state index in [1.165, 1.54) is 0 Å². The molecule has 2 aromatic rings. The van der Waals surface area contributed by atoms with Crippen molar-refractivity contribution < 1.29 is 13.6 Å². The van der Waals surface area contributed by atoms with Crippen LogP contribution in [0, 0.1) is 0 Å². The minimum Gasteiger partial charge on any atom is -0.354 e. The molecule has 0 spiro atoms. The summed E-state index contributed by atoms with van der Waals surface area (Å²) in [6.45, 7) is -0.0102. The molecule has 5 nitrogen and oxygen atoms in total. The molecule has 1 aromatic carbocycles. The fourth-order valence-corrected chi connectivity index (χ4v) is 2.59. The Labute approximate surface area is 132 Å². The summed E-state index contributed by atoms with van der Waals surface area (Å²) in [4.78, 5) is 11.8. The van der Waals surface area contributed by atoms with Gasteiger partial charge in [-0.25, -0.2) is 13.5 Å². The summed E-state index contributed by atoms with van der Waals surface area (Å²) in [5, 5.41) is 9.40. The number of halogens is 2. The van der Waals surface area contributed by atoms with Crippen LogP contribution in [-0.4, -0.2) is 40.7 Å². The van der Waals surface area contributed by atoms with Crippen LogP contribution in [-0.2, 0) is 11.2 Å². The molecular formula is C16H18F2N4O. The van der Waals surface area contributed by atoms with Crippen LogP contribution in [0.25, 0.3) is 5.69 Å². The molecule has 0 bridgehead atoms. The number of hydrogen-bond donors (Lipinski definition) is 2. The van der Waals surface area contributed by atoms with Gasteiger partial charge in [-0.05, 0) is 30.2 Å². The van der Waals surface area contributed by atoms with Gasteiger partial charge in [-0.15, -0.1) is 0 Å². The first-order valence-electron chi connectivity index (χ1n) is 7.51. The Kier molecular flexibility index (Phi) is 4.38.